The molecule has 21 heavy (non-hydrogen) atoms. The summed E-state index contributed by atoms with van der Waals surface area (Å²) in [5.41, 5.74) is 5.38. The molecule has 10 nitrogen and oxygen atoms in total. The summed E-state index contributed by atoms with van der Waals surface area (Å²) in [4.78, 5) is 22.7. The van der Waals surface area contributed by atoms with Gasteiger partial charge in [0.15, 0.2) is 21.5 Å². The average molecular weight is 409 g/mol. The Morgan fingerprint density at radius 2 is 2.10 bits per heavy atom. The number of hydrogen-bond donors (Lipinski definition) is 5. The Kier molecular flexibility index (Phi) is 3.61. The monoisotopic (exact) mass is 409 g/mol. The van der Waals surface area contributed by atoms with Crippen molar-refractivity contribution >= 4 is 39.6 Å². The van der Waals surface area contributed by atoms with Gasteiger partial charge in [0.05, 0.1) is 6.61 Å². The molecule has 0 aromatic carbocycles. The van der Waals surface area contributed by atoms with Gasteiger partial charge in [0.1, 0.15) is 23.8 Å². The number of imidazole rings is 1. The lowest BCUT2D eigenvalue weighted by molar-refractivity contribution is -0.0529. The Balaban J connectivity index is 2.19. The molecule has 1 fully saturated rings. The largest absolute Gasteiger partial charge is 0.394 e. The number of halogens is 1. The zero-order valence-electron chi connectivity index (χ0n) is 10.5. The average Bonchev–Trinajstić information content (AvgIpc) is 2.94. The van der Waals surface area contributed by atoms with Crippen molar-refractivity contribution in [2.75, 3.05) is 12.3 Å². The highest BCUT2D eigenvalue weighted by molar-refractivity contribution is 14.1. The molecule has 114 valence electrons. The fraction of sp³-hybridized carbons (Fsp3) is 0.500. The van der Waals surface area contributed by atoms with Crippen LogP contribution in [0.3, 0.4) is 0 Å². The summed E-state index contributed by atoms with van der Waals surface area (Å²) in [5.74, 6) is -0.0200. The number of H-pyrrole nitrogens is 1. The van der Waals surface area contributed by atoms with Gasteiger partial charge >= 0.3 is 5.69 Å². The maximum absolute atomic E-state index is 12.1. The predicted molar refractivity (Wildman–Crippen MR) is 78.3 cm³/mol. The molecule has 0 unspecified atom stereocenters. The number of nitrogens with one attached hydrogen (secondary N) is 1. The van der Waals surface area contributed by atoms with Crippen LogP contribution in [0.1, 0.15) is 6.23 Å². The van der Waals surface area contributed by atoms with Gasteiger partial charge in [-0.15, -0.1) is 0 Å². The standard InChI is InChI=1S/C10H12IN5O5/c11-9-13-3-6(12)14-10(20)16(7(3)15-9)8-5(19)4(18)2(1-17)21-8/h2,4-5,8,17-19H,1H2,(H,13,15)(H2,12,14,20)/t2-,4-,5-,8-/m1/s1. The quantitative estimate of drug-likeness (QED) is 0.279. The number of aromatic nitrogens is 4. The number of fused-ring (bicyclic) bond motifs is 1. The Morgan fingerprint density at radius 1 is 1.38 bits per heavy atom. The number of ether oxygens (including phenoxy) is 1. The molecule has 1 aliphatic rings. The zero-order chi connectivity index (χ0) is 15.3. The predicted octanol–water partition coefficient (Wildman–Crippen LogP) is -2.08. The number of nitrogen functional groups attached to an aromatic ring is 1. The van der Waals surface area contributed by atoms with Crippen molar-refractivity contribution in [3.63, 3.8) is 0 Å². The smallest absolute Gasteiger partial charge is 0.353 e. The summed E-state index contributed by atoms with van der Waals surface area (Å²) in [5, 5.41) is 28.9. The van der Waals surface area contributed by atoms with Gasteiger partial charge in [-0.1, -0.05) is 0 Å². The van der Waals surface area contributed by atoms with Gasteiger partial charge in [-0.2, -0.15) is 4.98 Å². The van der Waals surface area contributed by atoms with Crippen LogP contribution in [0.5, 0.6) is 0 Å². The molecule has 6 N–H and O–H groups in total. The van der Waals surface area contributed by atoms with Crippen LogP contribution >= 0.6 is 22.6 Å². The fourth-order valence-electron chi connectivity index (χ4n) is 2.31. The SMILES string of the molecule is Nc1nc(=O)n([C@@H]2O[C@H](CO)[C@@H](O)[C@H]2O)c2nc(I)[nH]c12. The highest BCUT2D eigenvalue weighted by atomic mass is 127. The van der Waals surface area contributed by atoms with E-state index in [2.05, 4.69) is 15.0 Å². The fourth-order valence-corrected chi connectivity index (χ4v) is 2.81. The molecule has 2 aromatic heterocycles. The summed E-state index contributed by atoms with van der Waals surface area (Å²) in [6, 6.07) is 0. The van der Waals surface area contributed by atoms with E-state index in [4.69, 9.17) is 15.6 Å². The van der Waals surface area contributed by atoms with Crippen molar-refractivity contribution in [2.24, 2.45) is 0 Å². The number of nitrogens with two attached hydrogens (primary N) is 1. The van der Waals surface area contributed by atoms with Gasteiger partial charge in [-0.25, -0.2) is 14.3 Å². The van der Waals surface area contributed by atoms with Crippen molar-refractivity contribution in [3.8, 4) is 0 Å². The van der Waals surface area contributed by atoms with Crippen LogP contribution in [0, 0.1) is 3.83 Å². The highest BCUT2D eigenvalue weighted by Crippen LogP contribution is 2.30. The van der Waals surface area contributed by atoms with Crippen molar-refractivity contribution in [3.05, 3.63) is 14.3 Å². The molecule has 2 aromatic rings. The zero-order valence-corrected chi connectivity index (χ0v) is 12.6. The van der Waals surface area contributed by atoms with Crippen LogP contribution in [0.15, 0.2) is 4.79 Å². The molecule has 11 heteroatoms. The number of aliphatic hydroxyl groups excluding tert-OH is 3. The molecule has 0 radical (unpaired) electrons. The first-order valence-electron chi connectivity index (χ1n) is 5.99. The van der Waals surface area contributed by atoms with E-state index in [0.29, 0.717) is 9.35 Å². The molecule has 3 rings (SSSR count). The molecular formula is C10H12IN5O5. The second-order valence-electron chi connectivity index (χ2n) is 4.60. The van der Waals surface area contributed by atoms with Crippen molar-refractivity contribution in [2.45, 2.75) is 24.5 Å². The molecule has 0 aliphatic carbocycles. The van der Waals surface area contributed by atoms with E-state index in [1.807, 2.05) is 22.6 Å². The number of rotatable bonds is 2. The number of hydrogen-bond acceptors (Lipinski definition) is 8. The summed E-state index contributed by atoms with van der Waals surface area (Å²) in [7, 11) is 0. The Morgan fingerprint density at radius 3 is 2.71 bits per heavy atom. The number of aliphatic hydroxyl groups is 3. The first-order valence-corrected chi connectivity index (χ1v) is 7.07. The number of nitrogens with zero attached hydrogens (tertiary/aromatic N) is 3. The molecule has 3 heterocycles. The van der Waals surface area contributed by atoms with Gasteiger partial charge in [0.25, 0.3) is 0 Å². The van der Waals surface area contributed by atoms with Crippen LogP contribution in [0.2, 0.25) is 0 Å². The van der Waals surface area contributed by atoms with E-state index in [-0.39, 0.29) is 11.5 Å². The number of aromatic amines is 1. The Hall–Kier alpha value is -1.28. The van der Waals surface area contributed by atoms with E-state index in [1.165, 1.54) is 0 Å². The summed E-state index contributed by atoms with van der Waals surface area (Å²) in [6.45, 7) is -0.493. The van der Waals surface area contributed by atoms with Gasteiger partial charge in [0.2, 0.25) is 0 Å². The van der Waals surface area contributed by atoms with E-state index in [1.54, 1.807) is 0 Å². The highest BCUT2D eigenvalue weighted by Gasteiger charge is 2.44. The van der Waals surface area contributed by atoms with Gasteiger partial charge in [-0.05, 0) is 22.6 Å². The van der Waals surface area contributed by atoms with Gasteiger partial charge in [0, 0.05) is 0 Å². The van der Waals surface area contributed by atoms with Crippen molar-refractivity contribution < 1.29 is 20.1 Å². The third-order valence-electron chi connectivity index (χ3n) is 3.33. The van der Waals surface area contributed by atoms with E-state index < -0.39 is 36.8 Å². The van der Waals surface area contributed by atoms with Crippen molar-refractivity contribution in [1.29, 1.82) is 0 Å². The molecule has 0 amide bonds. The minimum Gasteiger partial charge on any atom is -0.394 e. The molecule has 0 saturated carbocycles. The summed E-state index contributed by atoms with van der Waals surface area (Å²) >= 11 is 1.90. The van der Waals surface area contributed by atoms with Crippen LogP contribution in [-0.4, -0.2) is 59.8 Å². The molecule has 0 spiro atoms. The van der Waals surface area contributed by atoms with E-state index in [9.17, 15) is 15.0 Å². The second-order valence-corrected chi connectivity index (χ2v) is 5.63. The Bertz CT molecular complexity index is 745. The van der Waals surface area contributed by atoms with E-state index >= 15 is 0 Å². The first-order chi connectivity index (χ1) is 9.93. The van der Waals surface area contributed by atoms with Gasteiger partial charge < -0.3 is 30.8 Å². The third-order valence-corrected chi connectivity index (χ3v) is 3.84. The van der Waals surface area contributed by atoms with Crippen molar-refractivity contribution in [1.82, 2.24) is 19.5 Å². The lowest BCUT2D eigenvalue weighted by Gasteiger charge is -2.17. The van der Waals surface area contributed by atoms with Gasteiger partial charge in [-0.3, -0.25) is 0 Å². The summed E-state index contributed by atoms with van der Waals surface area (Å²) < 4.78 is 6.82. The number of anilines is 1. The molecule has 4 atom stereocenters. The minimum atomic E-state index is -1.40. The molecule has 0 bridgehead atoms. The topological polar surface area (TPSA) is 160 Å². The maximum atomic E-state index is 12.1. The van der Waals surface area contributed by atoms with E-state index in [0.717, 1.165) is 4.57 Å². The maximum Gasteiger partial charge on any atom is 0.353 e. The van der Waals surface area contributed by atoms with Crippen LogP contribution < -0.4 is 11.4 Å². The lowest BCUT2D eigenvalue weighted by atomic mass is 10.1. The summed E-state index contributed by atoms with van der Waals surface area (Å²) in [6.07, 6.45) is -4.93. The molecule has 1 aliphatic heterocycles. The van der Waals surface area contributed by atoms with Crippen LogP contribution in [0.25, 0.3) is 11.2 Å². The molecule has 1 saturated heterocycles. The second kappa shape index (κ2) is 5.17. The third kappa shape index (κ3) is 2.20. The Labute approximate surface area is 130 Å². The van der Waals surface area contributed by atoms with Crippen LogP contribution in [0.4, 0.5) is 5.82 Å². The first kappa shape index (κ1) is 14.6. The minimum absolute atomic E-state index is 0.0200. The lowest BCUT2D eigenvalue weighted by Crippen LogP contribution is -2.36. The molecular weight excluding hydrogens is 397 g/mol. The normalized spacial score (nSPS) is 29.3. The van der Waals surface area contributed by atoms with Crippen LogP contribution in [-0.2, 0) is 4.74 Å².